The predicted octanol–water partition coefficient (Wildman–Crippen LogP) is 7.40. The number of para-hydroxylation sites is 1. The van der Waals surface area contributed by atoms with Crippen molar-refractivity contribution in [3.63, 3.8) is 0 Å². The summed E-state index contributed by atoms with van der Waals surface area (Å²) in [6.07, 6.45) is 0.954. The van der Waals surface area contributed by atoms with Crippen molar-refractivity contribution in [2.75, 3.05) is 5.32 Å². The molecule has 3 aromatic rings. The first-order valence-corrected chi connectivity index (χ1v) is 9.87. The summed E-state index contributed by atoms with van der Waals surface area (Å²) in [7, 11) is 0. The Morgan fingerprint density at radius 3 is 2.26 bits per heavy atom. The topological polar surface area (TPSA) is 21.3 Å². The zero-order valence-electron chi connectivity index (χ0n) is 14.9. The number of anilines is 1. The van der Waals surface area contributed by atoms with E-state index in [4.69, 9.17) is 39.5 Å². The van der Waals surface area contributed by atoms with Gasteiger partial charge in [-0.2, -0.15) is 0 Å². The van der Waals surface area contributed by atoms with Crippen LogP contribution in [0.1, 0.15) is 23.6 Å². The fourth-order valence-corrected chi connectivity index (χ4v) is 3.64. The summed E-state index contributed by atoms with van der Waals surface area (Å²) in [4.78, 5) is 0. The van der Waals surface area contributed by atoms with Gasteiger partial charge >= 0.3 is 0 Å². The molecule has 0 aliphatic heterocycles. The Bertz CT molecular complexity index is 927. The van der Waals surface area contributed by atoms with Gasteiger partial charge in [-0.1, -0.05) is 78.1 Å². The van der Waals surface area contributed by atoms with Gasteiger partial charge in [-0.05, 0) is 36.2 Å². The highest BCUT2D eigenvalue weighted by Crippen LogP contribution is 2.34. The molecule has 0 aliphatic carbocycles. The van der Waals surface area contributed by atoms with E-state index in [9.17, 15) is 0 Å². The molecule has 2 nitrogen and oxygen atoms in total. The summed E-state index contributed by atoms with van der Waals surface area (Å²) < 4.78 is 6.02. The van der Waals surface area contributed by atoms with Crippen molar-refractivity contribution in [3.05, 3.63) is 92.4 Å². The molecule has 0 aromatic heterocycles. The first-order valence-electron chi connectivity index (χ1n) is 8.74. The van der Waals surface area contributed by atoms with Gasteiger partial charge in [0.05, 0.1) is 5.02 Å². The lowest BCUT2D eigenvalue weighted by atomic mass is 10.1. The van der Waals surface area contributed by atoms with Crippen LogP contribution in [0.15, 0.2) is 60.7 Å². The maximum atomic E-state index is 6.41. The van der Waals surface area contributed by atoms with E-state index in [2.05, 4.69) is 24.4 Å². The Balaban J connectivity index is 1.81. The monoisotopic (exact) mass is 419 g/mol. The maximum absolute atomic E-state index is 6.41. The smallest absolute Gasteiger partial charge is 0.143 e. The van der Waals surface area contributed by atoms with Gasteiger partial charge in [-0.15, -0.1) is 0 Å². The summed E-state index contributed by atoms with van der Waals surface area (Å²) in [6, 6.07) is 19.4. The molecule has 3 aromatic carbocycles. The molecule has 0 amide bonds. The molecular formula is C22H20Cl3NO. The molecule has 0 saturated carbocycles. The summed E-state index contributed by atoms with van der Waals surface area (Å²) in [6.45, 7) is 3.02. The molecule has 1 N–H and O–H groups in total. The quantitative estimate of drug-likeness (QED) is 0.430. The molecule has 0 spiro atoms. The summed E-state index contributed by atoms with van der Waals surface area (Å²) in [5.74, 6) is 0.613. The maximum Gasteiger partial charge on any atom is 0.143 e. The van der Waals surface area contributed by atoms with Crippen molar-refractivity contribution >= 4 is 40.5 Å². The average Bonchev–Trinajstić information content (AvgIpc) is 2.67. The minimum Gasteiger partial charge on any atom is -0.487 e. The number of benzene rings is 3. The molecule has 0 radical (unpaired) electrons. The van der Waals surface area contributed by atoms with Gasteiger partial charge in [0.2, 0.25) is 0 Å². The van der Waals surface area contributed by atoms with Crippen LogP contribution in [0, 0.1) is 0 Å². The molecule has 0 aliphatic rings. The minimum absolute atomic E-state index is 0.333. The number of hydrogen-bond donors (Lipinski definition) is 1. The third-order valence-corrected chi connectivity index (χ3v) is 5.15. The van der Waals surface area contributed by atoms with Crippen LogP contribution < -0.4 is 10.1 Å². The van der Waals surface area contributed by atoms with Crippen LogP contribution in [0.2, 0.25) is 15.1 Å². The Morgan fingerprint density at radius 1 is 0.815 bits per heavy atom. The van der Waals surface area contributed by atoms with E-state index < -0.39 is 0 Å². The van der Waals surface area contributed by atoms with Gasteiger partial charge in [-0.25, -0.2) is 0 Å². The molecule has 5 heteroatoms. The highest BCUT2D eigenvalue weighted by atomic mass is 35.5. The second kappa shape index (κ2) is 9.36. The third-order valence-electron chi connectivity index (χ3n) is 4.28. The molecule has 0 saturated heterocycles. The van der Waals surface area contributed by atoms with Crippen LogP contribution in [0.4, 0.5) is 5.69 Å². The summed E-state index contributed by atoms with van der Waals surface area (Å²) in [5, 5.41) is 5.18. The molecule has 140 valence electrons. The van der Waals surface area contributed by atoms with E-state index in [1.807, 2.05) is 42.5 Å². The van der Waals surface area contributed by atoms with Crippen LogP contribution in [0.3, 0.4) is 0 Å². The van der Waals surface area contributed by atoms with Crippen molar-refractivity contribution in [3.8, 4) is 5.75 Å². The number of nitrogens with one attached hydrogen (secondary N) is 1. The standard InChI is InChI=1S/C22H20Cl3NO/c1-2-15-7-4-6-10-21(15)26-13-17-11-18(23)12-20(25)22(17)27-14-16-8-3-5-9-19(16)24/h3-12,26H,2,13-14H2,1H3. The Labute approximate surface area is 175 Å². The Morgan fingerprint density at radius 2 is 1.52 bits per heavy atom. The van der Waals surface area contributed by atoms with E-state index in [1.165, 1.54) is 5.56 Å². The highest BCUT2D eigenvalue weighted by Gasteiger charge is 2.12. The van der Waals surface area contributed by atoms with Crippen molar-refractivity contribution in [1.29, 1.82) is 0 Å². The highest BCUT2D eigenvalue weighted by molar-refractivity contribution is 6.35. The van der Waals surface area contributed by atoms with E-state index in [0.717, 1.165) is 23.2 Å². The first-order chi connectivity index (χ1) is 13.1. The molecule has 0 bridgehead atoms. The number of rotatable bonds is 7. The summed E-state index contributed by atoms with van der Waals surface area (Å²) >= 11 is 18.9. The van der Waals surface area contributed by atoms with Crippen LogP contribution >= 0.6 is 34.8 Å². The molecule has 27 heavy (non-hydrogen) atoms. The van der Waals surface area contributed by atoms with E-state index in [1.54, 1.807) is 6.07 Å². The molecule has 0 fully saturated rings. The van der Waals surface area contributed by atoms with Crippen LogP contribution in [0.25, 0.3) is 0 Å². The van der Waals surface area contributed by atoms with Gasteiger partial charge in [0.25, 0.3) is 0 Å². The van der Waals surface area contributed by atoms with Crippen LogP contribution in [-0.2, 0) is 19.6 Å². The van der Waals surface area contributed by atoms with Crippen LogP contribution in [-0.4, -0.2) is 0 Å². The van der Waals surface area contributed by atoms with Crippen molar-refractivity contribution < 1.29 is 4.74 Å². The molecule has 0 unspecified atom stereocenters. The number of halogens is 3. The Kier molecular flexibility index (Phi) is 6.89. The lowest BCUT2D eigenvalue weighted by Crippen LogP contribution is -2.06. The fourth-order valence-electron chi connectivity index (χ4n) is 2.86. The average molecular weight is 421 g/mol. The van der Waals surface area contributed by atoms with Gasteiger partial charge < -0.3 is 10.1 Å². The van der Waals surface area contributed by atoms with Crippen LogP contribution in [0.5, 0.6) is 5.75 Å². The van der Waals surface area contributed by atoms with Crippen molar-refractivity contribution in [2.45, 2.75) is 26.5 Å². The van der Waals surface area contributed by atoms with Crippen molar-refractivity contribution in [1.82, 2.24) is 0 Å². The first kappa shape index (κ1) is 19.9. The normalized spacial score (nSPS) is 10.7. The van der Waals surface area contributed by atoms with Gasteiger partial charge in [-0.3, -0.25) is 0 Å². The predicted molar refractivity (Wildman–Crippen MR) is 115 cm³/mol. The van der Waals surface area contributed by atoms with E-state index >= 15 is 0 Å². The molecule has 0 heterocycles. The molecule has 0 atom stereocenters. The van der Waals surface area contributed by atoms with Gasteiger partial charge in [0, 0.05) is 33.4 Å². The van der Waals surface area contributed by atoms with Gasteiger partial charge in [0.15, 0.2) is 0 Å². The second-order valence-corrected chi connectivity index (χ2v) is 7.37. The van der Waals surface area contributed by atoms with Gasteiger partial charge in [0.1, 0.15) is 12.4 Å². The fraction of sp³-hybridized carbons (Fsp3) is 0.182. The lowest BCUT2D eigenvalue weighted by molar-refractivity contribution is 0.303. The number of hydrogen-bond acceptors (Lipinski definition) is 2. The largest absolute Gasteiger partial charge is 0.487 e. The zero-order chi connectivity index (χ0) is 19.2. The summed E-state index contributed by atoms with van der Waals surface area (Å²) in [5.41, 5.74) is 4.14. The number of ether oxygens (including phenoxy) is 1. The SMILES string of the molecule is CCc1ccccc1NCc1cc(Cl)cc(Cl)c1OCc1ccccc1Cl. The lowest BCUT2D eigenvalue weighted by Gasteiger charge is -2.16. The van der Waals surface area contributed by atoms with E-state index in [0.29, 0.717) is 34.0 Å². The van der Waals surface area contributed by atoms with Crippen molar-refractivity contribution in [2.24, 2.45) is 0 Å². The Hall–Kier alpha value is -1.87. The van der Waals surface area contributed by atoms with E-state index in [-0.39, 0.29) is 0 Å². The zero-order valence-corrected chi connectivity index (χ0v) is 17.2. The second-order valence-electron chi connectivity index (χ2n) is 6.12. The molecule has 3 rings (SSSR count). The minimum atomic E-state index is 0.333. The third kappa shape index (κ3) is 5.10. The number of aryl methyl sites for hydroxylation is 1. The molecular weight excluding hydrogens is 401 g/mol.